The molecule has 4 aromatic rings. The molecule has 0 bridgehead atoms. The topological polar surface area (TPSA) is 88.3 Å². The van der Waals surface area contributed by atoms with E-state index in [9.17, 15) is 9.59 Å². The van der Waals surface area contributed by atoms with E-state index in [0.717, 1.165) is 16.7 Å². The second-order valence-electron chi connectivity index (χ2n) is 9.56. The number of nitrogens with one attached hydrogen (secondary N) is 1. The molecule has 7 nitrogen and oxygen atoms in total. The molecule has 3 aromatic carbocycles. The molecule has 1 aliphatic rings. The standard InChI is InChI=1S/C30H30N4O3/c1-21(23-9-5-3-6-10-23)31-29(36)30(26-11-7-4-8-12-26)17-19-34(20-18-30)28(35)25-15-13-24(14-16-25)27-32-22(2)37-33-27/h3-16,21H,17-20H2,1-2H3,(H,31,36)/t21-/m0/s1. The molecule has 0 spiro atoms. The zero-order valence-corrected chi connectivity index (χ0v) is 21.1. The van der Waals surface area contributed by atoms with Crippen molar-refractivity contribution in [3.05, 3.63) is 108 Å². The van der Waals surface area contributed by atoms with Crippen molar-refractivity contribution < 1.29 is 14.1 Å². The van der Waals surface area contributed by atoms with Gasteiger partial charge < -0.3 is 14.7 Å². The highest BCUT2D eigenvalue weighted by molar-refractivity contribution is 5.95. The molecular weight excluding hydrogens is 464 g/mol. The van der Waals surface area contributed by atoms with E-state index in [2.05, 4.69) is 15.5 Å². The quantitative estimate of drug-likeness (QED) is 0.403. The number of hydrogen-bond donors (Lipinski definition) is 1. The second-order valence-corrected chi connectivity index (χ2v) is 9.56. The molecule has 5 rings (SSSR count). The number of aryl methyl sites for hydroxylation is 1. The molecule has 1 N–H and O–H groups in total. The highest BCUT2D eigenvalue weighted by Crippen LogP contribution is 2.37. The number of hydrogen-bond acceptors (Lipinski definition) is 5. The number of rotatable bonds is 6. The van der Waals surface area contributed by atoms with Crippen LogP contribution in [0.5, 0.6) is 0 Å². The third-order valence-electron chi connectivity index (χ3n) is 7.23. The van der Waals surface area contributed by atoms with Crippen molar-refractivity contribution in [2.24, 2.45) is 0 Å². The highest BCUT2D eigenvalue weighted by Gasteiger charge is 2.44. The van der Waals surface area contributed by atoms with Crippen LogP contribution in [0, 0.1) is 6.92 Å². The van der Waals surface area contributed by atoms with Gasteiger partial charge in [0.1, 0.15) is 0 Å². The van der Waals surface area contributed by atoms with Crippen molar-refractivity contribution in [1.29, 1.82) is 0 Å². The minimum atomic E-state index is -0.693. The average molecular weight is 495 g/mol. The zero-order valence-electron chi connectivity index (χ0n) is 21.1. The summed E-state index contributed by atoms with van der Waals surface area (Å²) in [4.78, 5) is 33.2. The van der Waals surface area contributed by atoms with Gasteiger partial charge >= 0.3 is 0 Å². The Kier molecular flexibility index (Phi) is 6.86. The summed E-state index contributed by atoms with van der Waals surface area (Å²) in [5.41, 5.74) is 2.74. The van der Waals surface area contributed by atoms with Crippen LogP contribution in [0.15, 0.2) is 89.5 Å². The van der Waals surface area contributed by atoms with Crippen LogP contribution in [0.3, 0.4) is 0 Å². The fourth-order valence-electron chi connectivity index (χ4n) is 5.02. The van der Waals surface area contributed by atoms with Crippen LogP contribution in [0.2, 0.25) is 0 Å². The maximum Gasteiger partial charge on any atom is 0.253 e. The van der Waals surface area contributed by atoms with Crippen LogP contribution in [-0.4, -0.2) is 39.9 Å². The Balaban J connectivity index is 1.31. The normalized spacial score (nSPS) is 15.7. The lowest BCUT2D eigenvalue weighted by Gasteiger charge is -2.41. The van der Waals surface area contributed by atoms with Gasteiger partial charge in [0.25, 0.3) is 5.91 Å². The van der Waals surface area contributed by atoms with E-state index in [4.69, 9.17) is 4.52 Å². The molecule has 0 saturated carbocycles. The summed E-state index contributed by atoms with van der Waals surface area (Å²) in [6.45, 7) is 4.73. The molecule has 0 aliphatic carbocycles. The average Bonchev–Trinajstić information content (AvgIpc) is 3.40. The number of carbonyl (C=O) groups is 2. The maximum absolute atomic E-state index is 13.8. The Hall–Kier alpha value is -4.26. The van der Waals surface area contributed by atoms with E-state index in [-0.39, 0.29) is 17.9 Å². The molecule has 1 aromatic heterocycles. The van der Waals surface area contributed by atoms with E-state index in [0.29, 0.717) is 43.2 Å². The van der Waals surface area contributed by atoms with Gasteiger partial charge in [-0.1, -0.05) is 78.0 Å². The molecule has 1 aliphatic heterocycles. The van der Waals surface area contributed by atoms with Gasteiger partial charge in [0.2, 0.25) is 17.6 Å². The van der Waals surface area contributed by atoms with E-state index in [1.54, 1.807) is 19.1 Å². The van der Waals surface area contributed by atoms with Crippen molar-refractivity contribution >= 4 is 11.8 Å². The predicted octanol–water partition coefficient (Wildman–Crippen LogP) is 5.10. The van der Waals surface area contributed by atoms with Gasteiger partial charge in [-0.05, 0) is 43.0 Å². The minimum absolute atomic E-state index is 0.00177. The Morgan fingerprint density at radius 3 is 2.14 bits per heavy atom. The Bertz CT molecular complexity index is 1360. The number of carbonyl (C=O) groups excluding carboxylic acids is 2. The summed E-state index contributed by atoms with van der Waals surface area (Å²) in [5, 5.41) is 7.17. The van der Waals surface area contributed by atoms with Crippen LogP contribution < -0.4 is 5.32 Å². The SMILES string of the molecule is Cc1nc(-c2ccc(C(=O)N3CCC(C(=O)N[C@@H](C)c4ccccc4)(c4ccccc4)CC3)cc2)no1. The van der Waals surface area contributed by atoms with Crippen LogP contribution in [0.1, 0.15) is 53.2 Å². The number of amides is 2. The van der Waals surface area contributed by atoms with Crippen molar-refractivity contribution in [3.8, 4) is 11.4 Å². The molecule has 0 unspecified atom stereocenters. The summed E-state index contributed by atoms with van der Waals surface area (Å²) in [7, 11) is 0. The fourth-order valence-corrected chi connectivity index (χ4v) is 5.02. The smallest absolute Gasteiger partial charge is 0.253 e. The number of nitrogens with zero attached hydrogens (tertiary/aromatic N) is 3. The van der Waals surface area contributed by atoms with Crippen LogP contribution in [0.4, 0.5) is 0 Å². The van der Waals surface area contributed by atoms with E-state index < -0.39 is 5.41 Å². The van der Waals surface area contributed by atoms with Crippen LogP contribution in [0.25, 0.3) is 11.4 Å². The molecule has 1 fully saturated rings. The first-order valence-corrected chi connectivity index (χ1v) is 12.6. The Labute approximate surface area is 216 Å². The summed E-state index contributed by atoms with van der Waals surface area (Å²) >= 11 is 0. The first-order chi connectivity index (χ1) is 18.0. The van der Waals surface area contributed by atoms with Crippen molar-refractivity contribution in [2.45, 2.75) is 38.1 Å². The minimum Gasteiger partial charge on any atom is -0.349 e. The Morgan fingerprint density at radius 1 is 0.919 bits per heavy atom. The Morgan fingerprint density at radius 2 is 1.54 bits per heavy atom. The fraction of sp³-hybridized carbons (Fsp3) is 0.267. The zero-order chi connectivity index (χ0) is 25.8. The first kappa shape index (κ1) is 24.4. The summed E-state index contributed by atoms with van der Waals surface area (Å²) in [6, 6.07) is 27.0. The second kappa shape index (κ2) is 10.4. The maximum atomic E-state index is 13.8. The van der Waals surface area contributed by atoms with Gasteiger partial charge in [-0.3, -0.25) is 9.59 Å². The van der Waals surface area contributed by atoms with Gasteiger partial charge in [-0.25, -0.2) is 0 Å². The predicted molar refractivity (Wildman–Crippen MR) is 141 cm³/mol. The molecular formula is C30H30N4O3. The molecule has 188 valence electrons. The molecule has 2 amide bonds. The number of benzene rings is 3. The lowest BCUT2D eigenvalue weighted by molar-refractivity contribution is -0.129. The van der Waals surface area contributed by atoms with E-state index in [1.165, 1.54) is 0 Å². The molecule has 37 heavy (non-hydrogen) atoms. The van der Waals surface area contributed by atoms with Crippen molar-refractivity contribution in [2.75, 3.05) is 13.1 Å². The third kappa shape index (κ3) is 5.03. The van der Waals surface area contributed by atoms with Crippen molar-refractivity contribution in [3.63, 3.8) is 0 Å². The van der Waals surface area contributed by atoms with Gasteiger partial charge in [-0.15, -0.1) is 0 Å². The highest BCUT2D eigenvalue weighted by atomic mass is 16.5. The molecule has 7 heteroatoms. The van der Waals surface area contributed by atoms with Gasteiger partial charge in [0.15, 0.2) is 0 Å². The van der Waals surface area contributed by atoms with E-state index in [1.807, 2.05) is 84.6 Å². The molecule has 1 saturated heterocycles. The lowest BCUT2D eigenvalue weighted by Crippen LogP contribution is -2.53. The third-order valence-corrected chi connectivity index (χ3v) is 7.23. The monoisotopic (exact) mass is 494 g/mol. The van der Waals surface area contributed by atoms with Crippen LogP contribution >= 0.6 is 0 Å². The van der Waals surface area contributed by atoms with Crippen LogP contribution in [-0.2, 0) is 10.2 Å². The molecule has 1 atom stereocenters. The largest absolute Gasteiger partial charge is 0.349 e. The number of likely N-dealkylation sites (tertiary alicyclic amines) is 1. The number of aromatic nitrogens is 2. The first-order valence-electron chi connectivity index (χ1n) is 12.6. The van der Waals surface area contributed by atoms with Crippen molar-refractivity contribution in [1.82, 2.24) is 20.4 Å². The molecule has 2 heterocycles. The summed E-state index contributed by atoms with van der Waals surface area (Å²) in [5.74, 6) is 0.947. The van der Waals surface area contributed by atoms with Gasteiger partial charge in [0.05, 0.1) is 11.5 Å². The van der Waals surface area contributed by atoms with E-state index >= 15 is 0 Å². The van der Waals surface area contributed by atoms with Gasteiger partial charge in [-0.2, -0.15) is 4.98 Å². The van der Waals surface area contributed by atoms with Gasteiger partial charge in [0, 0.05) is 31.1 Å². The lowest BCUT2D eigenvalue weighted by atomic mass is 9.71. The molecule has 0 radical (unpaired) electrons. The summed E-state index contributed by atoms with van der Waals surface area (Å²) in [6.07, 6.45) is 1.10. The summed E-state index contributed by atoms with van der Waals surface area (Å²) < 4.78 is 5.05. The number of piperidine rings is 1.